The average Bonchev–Trinajstić information content (AvgIpc) is 2.59. The van der Waals surface area contributed by atoms with Crippen LogP contribution in [0.3, 0.4) is 0 Å². The highest BCUT2D eigenvalue weighted by molar-refractivity contribution is 6.33. The lowest BCUT2D eigenvalue weighted by Crippen LogP contribution is -2.25. The molecule has 0 aliphatic carbocycles. The predicted molar refractivity (Wildman–Crippen MR) is 93.4 cm³/mol. The van der Waals surface area contributed by atoms with Crippen molar-refractivity contribution in [2.24, 2.45) is 0 Å². The zero-order valence-corrected chi connectivity index (χ0v) is 13.5. The van der Waals surface area contributed by atoms with E-state index in [9.17, 15) is 14.0 Å². The van der Waals surface area contributed by atoms with Crippen LogP contribution in [0.15, 0.2) is 59.7 Å². The molecule has 0 unspecified atom stereocenters. The van der Waals surface area contributed by atoms with Gasteiger partial charge in [0.05, 0.1) is 5.69 Å². The van der Waals surface area contributed by atoms with Gasteiger partial charge in [0.1, 0.15) is 5.82 Å². The number of nitrogens with one attached hydrogen (secondary N) is 1. The number of aromatic nitrogens is 2. The Hall–Kier alpha value is -3.19. The molecule has 0 atom stereocenters. The third kappa shape index (κ3) is 3.51. The highest BCUT2D eigenvalue weighted by Crippen LogP contribution is 2.32. The molecular weight excluding hydrogens is 347 g/mol. The van der Waals surface area contributed by atoms with Gasteiger partial charge in [0.15, 0.2) is 5.15 Å². The van der Waals surface area contributed by atoms with Crippen molar-refractivity contribution in [2.75, 3.05) is 11.2 Å². The first-order valence-corrected chi connectivity index (χ1v) is 7.53. The minimum Gasteiger partial charge on any atom is -0.336 e. The molecule has 0 fully saturated rings. The molecule has 2 aromatic heterocycles. The second-order valence-corrected chi connectivity index (χ2v) is 5.51. The average molecular weight is 359 g/mol. The topological polar surface area (TPSA) is 90.0 Å². The monoisotopic (exact) mass is 358 g/mol. The summed E-state index contributed by atoms with van der Waals surface area (Å²) in [6, 6.07) is 9.72. The summed E-state index contributed by atoms with van der Waals surface area (Å²) in [4.78, 5) is 27.8. The van der Waals surface area contributed by atoms with Crippen LogP contribution < -0.4 is 16.7 Å². The Kier molecular flexibility index (Phi) is 4.49. The van der Waals surface area contributed by atoms with Crippen LogP contribution in [0, 0.1) is 5.82 Å². The molecule has 25 heavy (non-hydrogen) atoms. The minimum absolute atomic E-state index is 0.0528. The van der Waals surface area contributed by atoms with Crippen molar-refractivity contribution < 1.29 is 9.18 Å². The minimum atomic E-state index is -0.545. The molecule has 3 rings (SSSR count). The quantitative estimate of drug-likeness (QED) is 0.556. The van der Waals surface area contributed by atoms with Crippen LogP contribution >= 0.6 is 11.6 Å². The molecule has 3 N–H and O–H groups in total. The lowest BCUT2D eigenvalue weighted by atomic mass is 10.1. The Morgan fingerprint density at radius 1 is 1.24 bits per heavy atom. The van der Waals surface area contributed by atoms with Crippen LogP contribution in [-0.4, -0.2) is 15.6 Å². The standard InChI is InChI=1S/C17H12ClFN4O2/c18-16-15(22-17(25)10-2-1-3-12(19)8-10)13(6-7-21-16)11-4-5-14(24)23(20)9-11/h1-9H,20H2,(H,22,25). The zero-order valence-electron chi connectivity index (χ0n) is 12.7. The van der Waals surface area contributed by atoms with E-state index in [0.717, 1.165) is 10.7 Å². The number of amides is 1. The smallest absolute Gasteiger partial charge is 0.268 e. The molecule has 0 spiro atoms. The third-order valence-electron chi connectivity index (χ3n) is 3.48. The number of hydrogen-bond donors (Lipinski definition) is 2. The predicted octanol–water partition coefficient (Wildman–Crippen LogP) is 2.67. The Morgan fingerprint density at radius 2 is 2.04 bits per heavy atom. The SMILES string of the molecule is Nn1cc(-c2ccnc(Cl)c2NC(=O)c2cccc(F)c2)ccc1=O. The van der Waals surface area contributed by atoms with E-state index in [-0.39, 0.29) is 22.0 Å². The number of rotatable bonds is 3. The molecule has 126 valence electrons. The molecule has 0 saturated carbocycles. The number of nitrogens with zero attached hydrogens (tertiary/aromatic N) is 2. The highest BCUT2D eigenvalue weighted by Gasteiger charge is 2.15. The van der Waals surface area contributed by atoms with Crippen LogP contribution in [0.5, 0.6) is 0 Å². The summed E-state index contributed by atoms with van der Waals surface area (Å²) in [5.41, 5.74) is 1.06. The number of pyridine rings is 2. The van der Waals surface area contributed by atoms with Gasteiger partial charge in [0, 0.05) is 35.2 Å². The van der Waals surface area contributed by atoms with Crippen molar-refractivity contribution in [2.45, 2.75) is 0 Å². The van der Waals surface area contributed by atoms with Crippen LogP contribution in [0.25, 0.3) is 11.1 Å². The molecule has 0 bridgehead atoms. The largest absolute Gasteiger partial charge is 0.336 e. The molecule has 6 nitrogen and oxygen atoms in total. The summed E-state index contributed by atoms with van der Waals surface area (Å²) in [5.74, 6) is 4.51. The number of hydrogen-bond acceptors (Lipinski definition) is 4. The number of nitrogens with two attached hydrogens (primary N) is 1. The number of benzene rings is 1. The molecule has 0 aliphatic heterocycles. The molecule has 8 heteroatoms. The summed E-state index contributed by atoms with van der Waals surface area (Å²) in [5, 5.41) is 2.68. The van der Waals surface area contributed by atoms with Crippen molar-refractivity contribution in [3.05, 3.63) is 81.7 Å². The summed E-state index contributed by atoms with van der Waals surface area (Å²) in [6.07, 6.45) is 2.87. The third-order valence-corrected chi connectivity index (χ3v) is 3.77. The van der Waals surface area contributed by atoms with E-state index >= 15 is 0 Å². The number of nitrogen functional groups attached to an aromatic ring is 1. The van der Waals surface area contributed by atoms with E-state index in [4.69, 9.17) is 17.4 Å². The van der Waals surface area contributed by atoms with Crippen LogP contribution in [0.1, 0.15) is 10.4 Å². The molecule has 0 saturated heterocycles. The van der Waals surface area contributed by atoms with Gasteiger partial charge in [0.25, 0.3) is 11.5 Å². The fourth-order valence-electron chi connectivity index (χ4n) is 2.27. The van der Waals surface area contributed by atoms with Gasteiger partial charge in [0.2, 0.25) is 0 Å². The molecule has 1 amide bonds. The fraction of sp³-hybridized carbons (Fsp3) is 0. The second kappa shape index (κ2) is 6.74. The summed E-state index contributed by atoms with van der Waals surface area (Å²) < 4.78 is 14.2. The van der Waals surface area contributed by atoms with Crippen LogP contribution in [0.4, 0.5) is 10.1 Å². The van der Waals surface area contributed by atoms with E-state index in [1.165, 1.54) is 36.7 Å². The van der Waals surface area contributed by atoms with E-state index < -0.39 is 11.7 Å². The molecule has 0 radical (unpaired) electrons. The molecule has 2 heterocycles. The number of anilines is 1. The Morgan fingerprint density at radius 3 is 2.76 bits per heavy atom. The Bertz CT molecular complexity index is 1020. The maximum absolute atomic E-state index is 13.3. The number of carbonyl (C=O) groups excluding carboxylic acids is 1. The zero-order chi connectivity index (χ0) is 18.0. The highest BCUT2D eigenvalue weighted by atomic mass is 35.5. The lowest BCUT2D eigenvalue weighted by Gasteiger charge is -2.13. The van der Waals surface area contributed by atoms with E-state index in [1.54, 1.807) is 12.1 Å². The first-order valence-electron chi connectivity index (χ1n) is 7.15. The first kappa shape index (κ1) is 16.7. The number of carbonyl (C=O) groups is 1. The van der Waals surface area contributed by atoms with Gasteiger partial charge in [-0.3, -0.25) is 9.59 Å². The van der Waals surface area contributed by atoms with Crippen LogP contribution in [0.2, 0.25) is 5.15 Å². The molecule has 1 aromatic carbocycles. The molecule has 0 aliphatic rings. The van der Waals surface area contributed by atoms with Gasteiger partial charge in [-0.05, 0) is 30.3 Å². The van der Waals surface area contributed by atoms with Gasteiger partial charge in [-0.1, -0.05) is 17.7 Å². The molecule has 3 aromatic rings. The molecular formula is C17H12ClFN4O2. The van der Waals surface area contributed by atoms with Gasteiger partial charge in [-0.2, -0.15) is 0 Å². The Labute approximate surface area is 146 Å². The normalized spacial score (nSPS) is 10.5. The van der Waals surface area contributed by atoms with Gasteiger partial charge >= 0.3 is 0 Å². The van der Waals surface area contributed by atoms with Crippen molar-refractivity contribution >= 4 is 23.2 Å². The van der Waals surface area contributed by atoms with E-state index in [0.29, 0.717) is 11.1 Å². The lowest BCUT2D eigenvalue weighted by molar-refractivity contribution is 0.102. The van der Waals surface area contributed by atoms with Crippen molar-refractivity contribution in [3.8, 4) is 11.1 Å². The number of halogens is 2. The van der Waals surface area contributed by atoms with Gasteiger partial charge in [-0.25, -0.2) is 14.1 Å². The maximum atomic E-state index is 13.3. The summed E-state index contributed by atoms with van der Waals surface area (Å²) in [6.45, 7) is 0. The van der Waals surface area contributed by atoms with E-state index in [1.807, 2.05) is 0 Å². The second-order valence-electron chi connectivity index (χ2n) is 5.15. The van der Waals surface area contributed by atoms with Gasteiger partial charge in [-0.15, -0.1) is 0 Å². The summed E-state index contributed by atoms with van der Waals surface area (Å²) >= 11 is 6.11. The van der Waals surface area contributed by atoms with Crippen LogP contribution in [-0.2, 0) is 0 Å². The van der Waals surface area contributed by atoms with Gasteiger partial charge < -0.3 is 11.2 Å². The fourth-order valence-corrected chi connectivity index (χ4v) is 2.48. The maximum Gasteiger partial charge on any atom is 0.268 e. The van der Waals surface area contributed by atoms with Crippen molar-refractivity contribution in [1.29, 1.82) is 0 Å². The van der Waals surface area contributed by atoms with Crippen molar-refractivity contribution in [3.63, 3.8) is 0 Å². The summed E-state index contributed by atoms with van der Waals surface area (Å²) in [7, 11) is 0. The Balaban J connectivity index is 2.03. The van der Waals surface area contributed by atoms with Crippen molar-refractivity contribution in [1.82, 2.24) is 9.66 Å². The first-order chi connectivity index (χ1) is 12.0. The van der Waals surface area contributed by atoms with E-state index in [2.05, 4.69) is 10.3 Å².